The highest BCUT2D eigenvalue weighted by Gasteiger charge is 2.42. The number of ether oxygens (including phenoxy) is 2. The van der Waals surface area contributed by atoms with Crippen molar-refractivity contribution < 1.29 is 23.5 Å². The minimum absolute atomic E-state index is 0.0270. The maximum Gasteiger partial charge on any atom is 0.260 e. The van der Waals surface area contributed by atoms with Crippen molar-refractivity contribution in [3.05, 3.63) is 36.2 Å². The molecule has 146 valence electrons. The first-order valence-corrected chi connectivity index (χ1v) is 9.11. The molecule has 1 aliphatic heterocycles. The molecule has 3 rings (SSSR count). The van der Waals surface area contributed by atoms with Crippen LogP contribution in [0.5, 0.6) is 11.5 Å². The summed E-state index contributed by atoms with van der Waals surface area (Å²) in [4.78, 5) is 28.9. The minimum atomic E-state index is -0.647. The Morgan fingerprint density at radius 3 is 2.59 bits per heavy atom. The Hall–Kier alpha value is -2.57. The number of amides is 2. The Balaban J connectivity index is 1.85. The summed E-state index contributed by atoms with van der Waals surface area (Å²) in [6, 6.07) is 2.61. The van der Waals surface area contributed by atoms with Gasteiger partial charge >= 0.3 is 0 Å². The standard InChI is InChI=1S/C20H25FN2O4/c1-4-5-17(24)23-11-10-22(12-15(23)13-6-7-13)20(25)18-14(21)8-9-16(26-2)19(18)27-3/h4,8-9,13,15H,1,5-7,10-12H2,2-3H3. The highest BCUT2D eigenvalue weighted by molar-refractivity contribution is 5.98. The van der Waals surface area contributed by atoms with Crippen molar-refractivity contribution in [2.75, 3.05) is 33.9 Å². The lowest BCUT2D eigenvalue weighted by atomic mass is 10.0. The second kappa shape index (κ2) is 7.98. The zero-order valence-electron chi connectivity index (χ0n) is 15.7. The van der Waals surface area contributed by atoms with Gasteiger partial charge in [-0.2, -0.15) is 0 Å². The van der Waals surface area contributed by atoms with E-state index in [-0.39, 0.29) is 29.7 Å². The van der Waals surface area contributed by atoms with Crippen LogP contribution in [0.4, 0.5) is 4.39 Å². The van der Waals surface area contributed by atoms with Crippen LogP contribution in [0.15, 0.2) is 24.8 Å². The number of carbonyl (C=O) groups is 2. The van der Waals surface area contributed by atoms with Crippen molar-refractivity contribution in [2.24, 2.45) is 5.92 Å². The van der Waals surface area contributed by atoms with Crippen molar-refractivity contribution in [3.63, 3.8) is 0 Å². The molecule has 1 saturated heterocycles. The smallest absolute Gasteiger partial charge is 0.260 e. The van der Waals surface area contributed by atoms with Crippen LogP contribution in [-0.4, -0.2) is 61.5 Å². The zero-order chi connectivity index (χ0) is 19.6. The first kappa shape index (κ1) is 19.2. The summed E-state index contributed by atoms with van der Waals surface area (Å²) in [6.45, 7) is 4.81. The van der Waals surface area contributed by atoms with Crippen LogP contribution in [0.25, 0.3) is 0 Å². The van der Waals surface area contributed by atoms with Gasteiger partial charge in [0.15, 0.2) is 11.5 Å². The summed E-state index contributed by atoms with van der Waals surface area (Å²) in [5.41, 5.74) is -0.128. The first-order valence-electron chi connectivity index (χ1n) is 9.11. The van der Waals surface area contributed by atoms with Gasteiger partial charge in [-0.05, 0) is 30.9 Å². The summed E-state index contributed by atoms with van der Waals surface area (Å²) >= 11 is 0. The topological polar surface area (TPSA) is 59.1 Å². The number of nitrogens with zero attached hydrogens (tertiary/aromatic N) is 2. The number of benzene rings is 1. The Kier molecular flexibility index (Phi) is 5.68. The summed E-state index contributed by atoms with van der Waals surface area (Å²) in [6.07, 6.45) is 3.97. The molecule has 27 heavy (non-hydrogen) atoms. The van der Waals surface area contributed by atoms with Crippen molar-refractivity contribution in [3.8, 4) is 11.5 Å². The summed E-state index contributed by atoms with van der Waals surface area (Å²) in [5.74, 6) is -0.266. The van der Waals surface area contributed by atoms with Gasteiger partial charge in [0.1, 0.15) is 11.4 Å². The molecule has 0 N–H and O–H groups in total. The molecule has 1 unspecified atom stereocenters. The first-order chi connectivity index (χ1) is 13.0. The quantitative estimate of drug-likeness (QED) is 0.716. The van der Waals surface area contributed by atoms with E-state index in [1.807, 2.05) is 4.90 Å². The van der Waals surface area contributed by atoms with Gasteiger partial charge in [-0.15, -0.1) is 6.58 Å². The van der Waals surface area contributed by atoms with E-state index in [0.717, 1.165) is 12.8 Å². The van der Waals surface area contributed by atoms with Gasteiger partial charge in [-0.1, -0.05) is 6.08 Å². The van der Waals surface area contributed by atoms with Crippen LogP contribution < -0.4 is 9.47 Å². The molecule has 2 fully saturated rings. The number of carbonyl (C=O) groups excluding carboxylic acids is 2. The normalized spacial score (nSPS) is 19.6. The number of halogens is 1. The number of rotatable bonds is 6. The molecule has 0 radical (unpaired) electrons. The third-order valence-electron chi connectivity index (χ3n) is 5.22. The largest absolute Gasteiger partial charge is 0.493 e. The number of hydrogen-bond acceptors (Lipinski definition) is 4. The molecule has 0 aromatic heterocycles. The maximum absolute atomic E-state index is 14.5. The Bertz CT molecular complexity index is 748. The second-order valence-electron chi connectivity index (χ2n) is 6.89. The summed E-state index contributed by atoms with van der Waals surface area (Å²) in [7, 11) is 2.82. The number of piperazine rings is 1. The molecule has 1 aliphatic carbocycles. The molecule has 1 saturated carbocycles. The highest BCUT2D eigenvalue weighted by atomic mass is 19.1. The fourth-order valence-electron chi connectivity index (χ4n) is 3.69. The molecule has 6 nitrogen and oxygen atoms in total. The van der Waals surface area contributed by atoms with E-state index in [4.69, 9.17) is 9.47 Å². The third-order valence-corrected chi connectivity index (χ3v) is 5.22. The minimum Gasteiger partial charge on any atom is -0.493 e. The van der Waals surface area contributed by atoms with E-state index in [1.54, 1.807) is 11.0 Å². The second-order valence-corrected chi connectivity index (χ2v) is 6.89. The summed E-state index contributed by atoms with van der Waals surface area (Å²) < 4.78 is 24.9. The van der Waals surface area contributed by atoms with Gasteiger partial charge in [-0.3, -0.25) is 9.59 Å². The van der Waals surface area contributed by atoms with E-state index >= 15 is 0 Å². The van der Waals surface area contributed by atoms with E-state index in [0.29, 0.717) is 31.3 Å². The molecule has 1 heterocycles. The van der Waals surface area contributed by atoms with Crippen molar-refractivity contribution in [1.82, 2.24) is 9.80 Å². The lowest BCUT2D eigenvalue weighted by Gasteiger charge is -2.42. The molecule has 7 heteroatoms. The molecule has 1 atom stereocenters. The summed E-state index contributed by atoms with van der Waals surface area (Å²) in [5, 5.41) is 0. The predicted molar refractivity (Wildman–Crippen MR) is 98.4 cm³/mol. The lowest BCUT2D eigenvalue weighted by Crippen LogP contribution is -2.57. The average Bonchev–Trinajstić information content (AvgIpc) is 3.52. The molecular weight excluding hydrogens is 351 g/mol. The van der Waals surface area contributed by atoms with Gasteiger partial charge in [0.25, 0.3) is 5.91 Å². The Labute approximate surface area is 158 Å². The van der Waals surface area contributed by atoms with Crippen molar-refractivity contribution in [1.29, 1.82) is 0 Å². The van der Waals surface area contributed by atoms with E-state index in [9.17, 15) is 14.0 Å². The maximum atomic E-state index is 14.5. The third kappa shape index (κ3) is 3.77. The van der Waals surface area contributed by atoms with Gasteiger partial charge in [0.2, 0.25) is 5.91 Å². The molecule has 0 bridgehead atoms. The van der Waals surface area contributed by atoms with Gasteiger partial charge < -0.3 is 19.3 Å². The number of hydrogen-bond donors (Lipinski definition) is 0. The van der Waals surface area contributed by atoms with E-state index in [2.05, 4.69) is 6.58 Å². The van der Waals surface area contributed by atoms with E-state index in [1.165, 1.54) is 26.4 Å². The molecule has 1 aromatic rings. The molecular formula is C20H25FN2O4. The van der Waals surface area contributed by atoms with Crippen LogP contribution in [0.3, 0.4) is 0 Å². The van der Waals surface area contributed by atoms with Crippen LogP contribution >= 0.6 is 0 Å². The molecule has 1 aromatic carbocycles. The Morgan fingerprint density at radius 1 is 1.26 bits per heavy atom. The fraction of sp³-hybridized carbons (Fsp3) is 0.500. The van der Waals surface area contributed by atoms with Crippen LogP contribution in [-0.2, 0) is 4.79 Å². The number of methoxy groups -OCH3 is 2. The van der Waals surface area contributed by atoms with Gasteiger partial charge in [-0.25, -0.2) is 4.39 Å². The SMILES string of the molecule is C=CCC(=O)N1CCN(C(=O)c2c(F)ccc(OC)c2OC)CC1C1CC1. The fourth-order valence-corrected chi connectivity index (χ4v) is 3.69. The molecule has 0 spiro atoms. The van der Waals surface area contributed by atoms with Crippen molar-refractivity contribution >= 4 is 11.8 Å². The van der Waals surface area contributed by atoms with Crippen molar-refractivity contribution in [2.45, 2.75) is 25.3 Å². The van der Waals surface area contributed by atoms with Crippen LogP contribution in [0.1, 0.15) is 29.6 Å². The molecule has 2 aliphatic rings. The monoisotopic (exact) mass is 376 g/mol. The highest BCUT2D eigenvalue weighted by Crippen LogP contribution is 2.38. The molecule has 2 amide bonds. The van der Waals surface area contributed by atoms with Gasteiger partial charge in [0.05, 0.1) is 20.3 Å². The Morgan fingerprint density at radius 2 is 2.00 bits per heavy atom. The zero-order valence-corrected chi connectivity index (χ0v) is 15.7. The van der Waals surface area contributed by atoms with E-state index < -0.39 is 11.7 Å². The lowest BCUT2D eigenvalue weighted by molar-refractivity contribution is -0.135. The van der Waals surface area contributed by atoms with Gasteiger partial charge in [0, 0.05) is 26.1 Å². The predicted octanol–water partition coefficient (Wildman–Crippen LogP) is 2.48. The average molecular weight is 376 g/mol. The van der Waals surface area contributed by atoms with Crippen LogP contribution in [0, 0.1) is 11.7 Å². The van der Waals surface area contributed by atoms with Crippen LogP contribution in [0.2, 0.25) is 0 Å².